The van der Waals surface area contributed by atoms with Crippen LogP contribution in [0.15, 0.2) is 66.9 Å². The lowest BCUT2D eigenvalue weighted by Gasteiger charge is -2.35. The van der Waals surface area contributed by atoms with Crippen molar-refractivity contribution >= 4 is 29.1 Å². The van der Waals surface area contributed by atoms with Crippen molar-refractivity contribution in [2.24, 2.45) is 0 Å². The summed E-state index contributed by atoms with van der Waals surface area (Å²) in [7, 11) is 0. The van der Waals surface area contributed by atoms with Gasteiger partial charge in [-0.2, -0.15) is 0 Å². The molecule has 0 saturated carbocycles. The van der Waals surface area contributed by atoms with Crippen molar-refractivity contribution in [2.45, 2.75) is 25.3 Å². The summed E-state index contributed by atoms with van der Waals surface area (Å²) in [5.41, 5.74) is 2.41. The first-order valence-corrected chi connectivity index (χ1v) is 10.5. The number of nitrogens with one attached hydrogen (secondary N) is 1. The molecule has 156 valence electrons. The van der Waals surface area contributed by atoms with Gasteiger partial charge in [-0.1, -0.05) is 36.4 Å². The minimum atomic E-state index is -0.270. The molecule has 1 saturated heterocycles. The summed E-state index contributed by atoms with van der Waals surface area (Å²) < 4.78 is 0. The molecule has 0 aliphatic carbocycles. The normalized spacial score (nSPS) is 16.7. The number of pyridine rings is 2. The van der Waals surface area contributed by atoms with E-state index in [9.17, 15) is 9.59 Å². The molecular formula is C24H23N5O2. The third-order valence-corrected chi connectivity index (χ3v) is 5.84. The first kappa shape index (κ1) is 19.2. The highest BCUT2D eigenvalue weighted by atomic mass is 16.2. The lowest BCUT2D eigenvalue weighted by molar-refractivity contribution is 0.0978. The Morgan fingerprint density at radius 1 is 1.03 bits per heavy atom. The fourth-order valence-corrected chi connectivity index (χ4v) is 4.26. The second-order valence-electron chi connectivity index (χ2n) is 7.85. The van der Waals surface area contributed by atoms with Crippen LogP contribution in [-0.2, 0) is 6.42 Å². The molecule has 2 aliphatic heterocycles. The van der Waals surface area contributed by atoms with E-state index in [4.69, 9.17) is 0 Å². The van der Waals surface area contributed by atoms with Crippen LogP contribution in [0.3, 0.4) is 0 Å². The van der Waals surface area contributed by atoms with Gasteiger partial charge in [0.2, 0.25) is 0 Å². The number of rotatable bonds is 5. The number of anilines is 3. The minimum absolute atomic E-state index is 0.0235. The zero-order valence-corrected chi connectivity index (χ0v) is 17.1. The van der Waals surface area contributed by atoms with Gasteiger partial charge in [-0.05, 0) is 42.7 Å². The molecular weight excluding hydrogens is 390 g/mol. The molecule has 7 heteroatoms. The second-order valence-corrected chi connectivity index (χ2v) is 7.85. The number of hydrogen-bond donors (Lipinski definition) is 1. The molecule has 2 amide bonds. The maximum absolute atomic E-state index is 13.1. The molecule has 1 fully saturated rings. The number of aryl methyl sites for hydroxylation is 1. The number of ketones is 1. The van der Waals surface area contributed by atoms with Crippen LogP contribution >= 0.6 is 0 Å². The summed E-state index contributed by atoms with van der Waals surface area (Å²) in [4.78, 5) is 38.8. The van der Waals surface area contributed by atoms with Crippen molar-refractivity contribution in [1.82, 2.24) is 9.97 Å². The Labute approximate surface area is 180 Å². The van der Waals surface area contributed by atoms with E-state index in [1.54, 1.807) is 29.3 Å². The Morgan fingerprint density at radius 3 is 2.68 bits per heavy atom. The molecule has 3 aromatic rings. The lowest BCUT2D eigenvalue weighted by atomic mass is 10.1. The molecule has 2 aliphatic rings. The highest BCUT2D eigenvalue weighted by Crippen LogP contribution is 2.39. The Hall–Kier alpha value is -3.74. The van der Waals surface area contributed by atoms with Gasteiger partial charge in [-0.15, -0.1) is 0 Å². The summed E-state index contributed by atoms with van der Waals surface area (Å²) in [6.45, 7) is 1.64. The van der Waals surface area contributed by atoms with Crippen LogP contribution in [0.2, 0.25) is 0 Å². The Morgan fingerprint density at radius 2 is 1.87 bits per heavy atom. The molecule has 1 N–H and O–H groups in total. The number of nitrogens with zero attached hydrogens (tertiary/aromatic N) is 4. The van der Waals surface area contributed by atoms with Crippen molar-refractivity contribution in [3.05, 3.63) is 78.1 Å². The molecule has 0 spiro atoms. The maximum Gasteiger partial charge on any atom is 0.329 e. The highest BCUT2D eigenvalue weighted by molar-refractivity contribution is 6.05. The number of carbonyl (C=O) groups excluding carboxylic acids is 2. The van der Waals surface area contributed by atoms with Crippen LogP contribution in [0.1, 0.15) is 28.9 Å². The minimum Gasteiger partial charge on any atom is -0.366 e. The van der Waals surface area contributed by atoms with E-state index in [0.717, 1.165) is 30.8 Å². The predicted molar refractivity (Wildman–Crippen MR) is 120 cm³/mol. The van der Waals surface area contributed by atoms with Crippen molar-refractivity contribution in [2.75, 3.05) is 28.2 Å². The molecule has 1 aromatic carbocycles. The summed E-state index contributed by atoms with van der Waals surface area (Å²) >= 11 is 0. The summed E-state index contributed by atoms with van der Waals surface area (Å²) in [5, 5.41) is 2.86. The Bertz CT molecular complexity index is 1100. The van der Waals surface area contributed by atoms with Crippen LogP contribution in [0, 0.1) is 0 Å². The van der Waals surface area contributed by atoms with Gasteiger partial charge in [-0.3, -0.25) is 15.0 Å². The van der Waals surface area contributed by atoms with Crippen molar-refractivity contribution in [3.8, 4) is 0 Å². The average molecular weight is 413 g/mol. The molecule has 4 heterocycles. The Kier molecular flexibility index (Phi) is 5.08. The van der Waals surface area contributed by atoms with Crippen molar-refractivity contribution < 1.29 is 9.59 Å². The Balaban J connectivity index is 1.40. The first-order valence-electron chi connectivity index (χ1n) is 10.5. The average Bonchev–Trinajstić information content (AvgIpc) is 3.22. The van der Waals surface area contributed by atoms with Gasteiger partial charge in [-0.25, -0.2) is 14.8 Å². The number of aromatic nitrogens is 2. The van der Waals surface area contributed by atoms with Crippen LogP contribution in [0.5, 0.6) is 0 Å². The number of Topliss-reactive ketones (excluding diaryl/α,β-unsaturated/α-hetero) is 1. The number of benzene rings is 1. The molecule has 31 heavy (non-hydrogen) atoms. The van der Waals surface area contributed by atoms with E-state index in [0.29, 0.717) is 30.2 Å². The third-order valence-electron chi connectivity index (χ3n) is 5.84. The predicted octanol–water partition coefficient (Wildman–Crippen LogP) is 3.92. The monoisotopic (exact) mass is 413 g/mol. The van der Waals surface area contributed by atoms with Crippen molar-refractivity contribution in [1.29, 1.82) is 0 Å². The van der Waals surface area contributed by atoms with E-state index in [1.165, 1.54) is 0 Å². The second kappa shape index (κ2) is 8.18. The van der Waals surface area contributed by atoms with E-state index < -0.39 is 0 Å². The number of urea groups is 1. The first-order chi connectivity index (χ1) is 15.2. The van der Waals surface area contributed by atoms with Crippen LogP contribution in [-0.4, -0.2) is 40.9 Å². The molecule has 7 nitrogen and oxygen atoms in total. The number of carbonyl (C=O) groups is 2. The summed E-state index contributed by atoms with van der Waals surface area (Å²) in [5.74, 6) is 1.02. The van der Waals surface area contributed by atoms with Crippen LogP contribution in [0.25, 0.3) is 0 Å². The molecule has 0 radical (unpaired) electrons. The third kappa shape index (κ3) is 3.86. The number of hydrogen-bond acceptors (Lipinski definition) is 5. The van der Waals surface area contributed by atoms with Gasteiger partial charge < -0.3 is 4.90 Å². The topological polar surface area (TPSA) is 78.4 Å². The SMILES string of the molecule is O=C(CCc1ccccc1)c1ccc2c(n1)N(C(=O)Nc1ccccn1)[C@H]1CCN2C1. The zero-order chi connectivity index (χ0) is 21.2. The van der Waals surface area contributed by atoms with Crippen LogP contribution < -0.4 is 15.1 Å². The van der Waals surface area contributed by atoms with Gasteiger partial charge in [0.05, 0.1) is 11.7 Å². The van der Waals surface area contributed by atoms with Gasteiger partial charge >= 0.3 is 6.03 Å². The van der Waals surface area contributed by atoms with Gasteiger partial charge in [0, 0.05) is 25.7 Å². The maximum atomic E-state index is 13.1. The van der Waals surface area contributed by atoms with Gasteiger partial charge in [0.1, 0.15) is 11.5 Å². The van der Waals surface area contributed by atoms with Gasteiger partial charge in [0.25, 0.3) is 0 Å². The zero-order valence-electron chi connectivity index (χ0n) is 17.1. The smallest absolute Gasteiger partial charge is 0.329 e. The molecule has 2 bridgehead atoms. The summed E-state index contributed by atoms with van der Waals surface area (Å²) in [6.07, 6.45) is 3.54. The quantitative estimate of drug-likeness (QED) is 0.642. The molecule has 0 unspecified atom stereocenters. The van der Waals surface area contributed by atoms with E-state index in [2.05, 4.69) is 20.2 Å². The van der Waals surface area contributed by atoms with Crippen molar-refractivity contribution in [3.63, 3.8) is 0 Å². The van der Waals surface area contributed by atoms with E-state index >= 15 is 0 Å². The number of fused-ring (bicyclic) bond motifs is 4. The molecule has 2 aromatic heterocycles. The largest absolute Gasteiger partial charge is 0.366 e. The fourth-order valence-electron chi connectivity index (χ4n) is 4.26. The standard InChI is InChI=1S/C24H23N5O2/c30-21(12-9-17-6-2-1-3-7-17)19-10-11-20-23(26-19)29(18-13-15-28(20)16-18)24(31)27-22-8-4-5-14-25-22/h1-8,10-11,14,18H,9,12-13,15-16H2,(H,25,27,31)/t18-/m0/s1. The van der Waals surface area contributed by atoms with Gasteiger partial charge in [0.15, 0.2) is 11.6 Å². The number of amides is 2. The molecule has 5 rings (SSSR count). The van der Waals surface area contributed by atoms with Crippen LogP contribution in [0.4, 0.5) is 22.1 Å². The molecule has 1 atom stereocenters. The van der Waals surface area contributed by atoms with E-state index in [-0.39, 0.29) is 17.9 Å². The lowest BCUT2D eigenvalue weighted by Crippen LogP contribution is -2.48. The summed E-state index contributed by atoms with van der Waals surface area (Å²) in [6, 6.07) is 18.8. The highest BCUT2D eigenvalue weighted by Gasteiger charge is 2.40. The fraction of sp³-hybridized carbons (Fsp3) is 0.250. The van der Waals surface area contributed by atoms with E-state index in [1.807, 2.05) is 42.5 Å².